The fourth-order valence-electron chi connectivity index (χ4n) is 2.07. The van der Waals surface area contributed by atoms with E-state index in [9.17, 15) is 4.79 Å². The first-order valence-corrected chi connectivity index (χ1v) is 6.34. The van der Waals surface area contributed by atoms with Crippen molar-refractivity contribution >= 4 is 5.97 Å². The van der Waals surface area contributed by atoms with Gasteiger partial charge in [-0.15, -0.1) is 0 Å². The van der Waals surface area contributed by atoms with Crippen molar-refractivity contribution in [1.29, 1.82) is 0 Å². The highest BCUT2D eigenvalue weighted by molar-refractivity contribution is 5.70. The summed E-state index contributed by atoms with van der Waals surface area (Å²) in [4.78, 5) is 19.7. The summed E-state index contributed by atoms with van der Waals surface area (Å²) in [5.41, 5.74) is 3.01. The number of esters is 1. The Balaban J connectivity index is 1.91. The van der Waals surface area contributed by atoms with Gasteiger partial charge in [-0.05, 0) is 37.1 Å². The largest absolute Gasteiger partial charge is 0.427 e. The van der Waals surface area contributed by atoms with Crippen LogP contribution < -0.4 is 4.74 Å². The predicted molar refractivity (Wildman–Crippen MR) is 70.8 cm³/mol. The highest BCUT2D eigenvalue weighted by Gasteiger charge is 2.28. The van der Waals surface area contributed by atoms with Crippen LogP contribution in [0.15, 0.2) is 36.7 Å². The number of hydrogen-bond acceptors (Lipinski definition) is 4. The lowest BCUT2D eigenvalue weighted by molar-refractivity contribution is -0.131. The lowest BCUT2D eigenvalue weighted by Crippen LogP contribution is -2.01. The quantitative estimate of drug-likeness (QED) is 0.624. The second-order valence-electron chi connectivity index (χ2n) is 4.68. The van der Waals surface area contributed by atoms with Crippen LogP contribution >= 0.6 is 0 Å². The summed E-state index contributed by atoms with van der Waals surface area (Å²) in [5.74, 6) is 0.788. The van der Waals surface area contributed by atoms with Crippen molar-refractivity contribution in [3.05, 3.63) is 42.4 Å². The van der Waals surface area contributed by atoms with E-state index in [1.807, 2.05) is 12.1 Å². The van der Waals surface area contributed by atoms with Crippen molar-refractivity contribution in [2.75, 3.05) is 0 Å². The molecule has 0 spiro atoms. The second kappa shape index (κ2) is 4.80. The maximum Gasteiger partial charge on any atom is 0.308 e. The normalized spacial score (nSPS) is 14.2. The van der Waals surface area contributed by atoms with E-state index >= 15 is 0 Å². The minimum atomic E-state index is -0.314. The third kappa shape index (κ3) is 2.62. The zero-order valence-corrected chi connectivity index (χ0v) is 10.7. The van der Waals surface area contributed by atoms with E-state index < -0.39 is 0 Å². The Morgan fingerprint density at radius 1 is 1.16 bits per heavy atom. The highest BCUT2D eigenvalue weighted by atomic mass is 16.5. The molecule has 19 heavy (non-hydrogen) atoms. The maximum atomic E-state index is 10.9. The molecule has 96 valence electrons. The van der Waals surface area contributed by atoms with E-state index in [4.69, 9.17) is 4.74 Å². The number of aromatic nitrogens is 2. The molecule has 2 aromatic rings. The van der Waals surface area contributed by atoms with Crippen molar-refractivity contribution in [2.45, 2.75) is 25.7 Å². The number of benzene rings is 1. The standard InChI is InChI=1S/C15H14N2O2/c1-10(18)19-13-6-4-12(5-7-13)15-14(11-2-3-11)16-8-9-17-15/h4-9,11H,2-3H2,1H3. The van der Waals surface area contributed by atoms with Crippen LogP contribution in [0.3, 0.4) is 0 Å². The molecule has 1 fully saturated rings. The van der Waals surface area contributed by atoms with Crippen LogP contribution in [0.1, 0.15) is 31.4 Å². The van der Waals surface area contributed by atoms with E-state index in [1.54, 1.807) is 24.5 Å². The fourth-order valence-corrected chi connectivity index (χ4v) is 2.07. The van der Waals surface area contributed by atoms with Gasteiger partial charge in [-0.1, -0.05) is 0 Å². The van der Waals surface area contributed by atoms with Crippen LogP contribution in [0.4, 0.5) is 0 Å². The number of rotatable bonds is 3. The molecule has 0 atom stereocenters. The summed E-state index contributed by atoms with van der Waals surface area (Å²) >= 11 is 0. The lowest BCUT2D eigenvalue weighted by atomic mass is 10.1. The summed E-state index contributed by atoms with van der Waals surface area (Å²) in [6.45, 7) is 1.39. The zero-order valence-electron chi connectivity index (χ0n) is 10.7. The monoisotopic (exact) mass is 254 g/mol. The summed E-state index contributed by atoms with van der Waals surface area (Å²) in [5, 5.41) is 0. The van der Waals surface area contributed by atoms with Crippen LogP contribution in [0, 0.1) is 0 Å². The second-order valence-corrected chi connectivity index (χ2v) is 4.68. The van der Waals surface area contributed by atoms with Gasteiger partial charge in [0.25, 0.3) is 0 Å². The van der Waals surface area contributed by atoms with Crippen molar-refractivity contribution < 1.29 is 9.53 Å². The van der Waals surface area contributed by atoms with Crippen molar-refractivity contribution in [3.63, 3.8) is 0 Å². The Kier molecular flexibility index (Phi) is 2.99. The zero-order chi connectivity index (χ0) is 13.2. The number of ether oxygens (including phenoxy) is 1. The molecular formula is C15H14N2O2. The minimum absolute atomic E-state index is 0.314. The molecule has 1 saturated carbocycles. The minimum Gasteiger partial charge on any atom is -0.427 e. The molecule has 0 bridgehead atoms. The summed E-state index contributed by atoms with van der Waals surface area (Å²) < 4.78 is 5.02. The van der Waals surface area contributed by atoms with E-state index in [2.05, 4.69) is 9.97 Å². The Hall–Kier alpha value is -2.23. The molecule has 0 amide bonds. The Bertz CT molecular complexity index is 604. The van der Waals surface area contributed by atoms with Gasteiger partial charge in [-0.3, -0.25) is 14.8 Å². The van der Waals surface area contributed by atoms with Crippen LogP contribution in [0.5, 0.6) is 5.75 Å². The van der Waals surface area contributed by atoms with Gasteiger partial charge in [0.1, 0.15) is 5.75 Å². The first kappa shape index (κ1) is 11.8. The van der Waals surface area contributed by atoms with Gasteiger partial charge in [0.15, 0.2) is 0 Å². The fraction of sp³-hybridized carbons (Fsp3) is 0.267. The van der Waals surface area contributed by atoms with Gasteiger partial charge in [0.05, 0.1) is 11.4 Å². The maximum absolute atomic E-state index is 10.9. The third-order valence-electron chi connectivity index (χ3n) is 3.08. The molecule has 1 aromatic carbocycles. The topological polar surface area (TPSA) is 52.1 Å². The van der Waals surface area contributed by atoms with Gasteiger partial charge in [0.2, 0.25) is 0 Å². The Morgan fingerprint density at radius 2 is 1.84 bits per heavy atom. The van der Waals surface area contributed by atoms with Crippen LogP contribution in [0.2, 0.25) is 0 Å². The molecule has 0 N–H and O–H groups in total. The molecule has 3 rings (SSSR count). The SMILES string of the molecule is CC(=O)Oc1ccc(-c2nccnc2C2CC2)cc1. The summed E-state index contributed by atoms with van der Waals surface area (Å²) in [7, 11) is 0. The molecule has 1 heterocycles. The molecule has 0 saturated heterocycles. The van der Waals surface area contributed by atoms with Gasteiger partial charge >= 0.3 is 5.97 Å². The molecule has 0 aliphatic heterocycles. The average Bonchev–Trinajstić information content (AvgIpc) is 3.23. The molecule has 0 radical (unpaired) electrons. The number of hydrogen-bond donors (Lipinski definition) is 0. The number of carbonyl (C=O) groups is 1. The van der Waals surface area contributed by atoms with Crippen LogP contribution in [-0.2, 0) is 4.79 Å². The van der Waals surface area contributed by atoms with Gasteiger partial charge in [-0.2, -0.15) is 0 Å². The van der Waals surface area contributed by atoms with Crippen molar-refractivity contribution in [2.24, 2.45) is 0 Å². The van der Waals surface area contributed by atoms with Crippen molar-refractivity contribution in [3.8, 4) is 17.0 Å². The predicted octanol–water partition coefficient (Wildman–Crippen LogP) is 2.95. The molecular weight excluding hydrogens is 240 g/mol. The van der Waals surface area contributed by atoms with Gasteiger partial charge in [0, 0.05) is 30.8 Å². The molecule has 1 aromatic heterocycles. The smallest absolute Gasteiger partial charge is 0.308 e. The van der Waals surface area contributed by atoms with Gasteiger partial charge in [-0.25, -0.2) is 0 Å². The van der Waals surface area contributed by atoms with E-state index in [1.165, 1.54) is 19.8 Å². The van der Waals surface area contributed by atoms with Crippen molar-refractivity contribution in [1.82, 2.24) is 9.97 Å². The first-order valence-electron chi connectivity index (χ1n) is 6.34. The van der Waals surface area contributed by atoms with E-state index in [0.29, 0.717) is 11.7 Å². The highest BCUT2D eigenvalue weighted by Crippen LogP contribution is 2.42. The van der Waals surface area contributed by atoms with Crippen LogP contribution in [-0.4, -0.2) is 15.9 Å². The molecule has 4 nitrogen and oxygen atoms in total. The van der Waals surface area contributed by atoms with E-state index in [-0.39, 0.29) is 5.97 Å². The number of carbonyl (C=O) groups excluding carboxylic acids is 1. The average molecular weight is 254 g/mol. The first-order chi connectivity index (χ1) is 9.24. The summed E-state index contributed by atoms with van der Waals surface area (Å²) in [6.07, 6.45) is 5.83. The molecule has 0 unspecified atom stereocenters. The van der Waals surface area contributed by atoms with Crippen LogP contribution in [0.25, 0.3) is 11.3 Å². The van der Waals surface area contributed by atoms with Gasteiger partial charge < -0.3 is 4.74 Å². The molecule has 1 aliphatic rings. The summed E-state index contributed by atoms with van der Waals surface area (Å²) in [6, 6.07) is 7.38. The lowest BCUT2D eigenvalue weighted by Gasteiger charge is -2.07. The molecule has 1 aliphatic carbocycles. The number of nitrogens with zero attached hydrogens (tertiary/aromatic N) is 2. The molecule has 4 heteroatoms. The Morgan fingerprint density at radius 3 is 2.47 bits per heavy atom. The Labute approximate surface area is 111 Å². The van der Waals surface area contributed by atoms with E-state index in [0.717, 1.165) is 17.0 Å². The third-order valence-corrected chi connectivity index (χ3v) is 3.08.